The Hall–Kier alpha value is -2.03. The molecule has 1 aromatic heterocycles. The van der Waals surface area contributed by atoms with Crippen molar-refractivity contribution in [3.63, 3.8) is 0 Å². The van der Waals surface area contributed by atoms with Gasteiger partial charge in [-0.25, -0.2) is 4.68 Å². The molecule has 0 atom stereocenters. The van der Waals surface area contributed by atoms with Crippen molar-refractivity contribution in [1.29, 1.82) is 0 Å². The molecule has 1 saturated heterocycles. The highest BCUT2D eigenvalue weighted by Gasteiger charge is 2.19. The van der Waals surface area contributed by atoms with Crippen LogP contribution in [0.5, 0.6) is 0 Å². The van der Waals surface area contributed by atoms with Crippen molar-refractivity contribution in [3.05, 3.63) is 5.82 Å². The molecule has 0 unspecified atom stereocenters. The molecule has 0 aromatic carbocycles. The average molecular weight is 255 g/mol. The van der Waals surface area contributed by atoms with Gasteiger partial charge in [-0.1, -0.05) is 0 Å². The average Bonchev–Trinajstić information content (AvgIpc) is 2.77. The Morgan fingerprint density at radius 1 is 1.33 bits per heavy atom. The van der Waals surface area contributed by atoms with E-state index in [0.717, 1.165) is 0 Å². The van der Waals surface area contributed by atoms with Crippen molar-refractivity contribution in [2.45, 2.75) is 13.0 Å². The molecule has 1 fully saturated rings. The van der Waals surface area contributed by atoms with Gasteiger partial charge in [0.05, 0.1) is 13.2 Å². The third kappa shape index (κ3) is 3.00. The Morgan fingerprint density at radius 2 is 2.06 bits per heavy atom. The fraction of sp³-hybridized carbons (Fsp3) is 0.667. The Kier molecular flexibility index (Phi) is 3.82. The Balaban J connectivity index is 1.97. The molecule has 98 valence electrons. The van der Waals surface area contributed by atoms with Crippen LogP contribution in [0.1, 0.15) is 5.82 Å². The van der Waals surface area contributed by atoms with Gasteiger partial charge in [-0.05, 0) is 10.4 Å². The zero-order valence-corrected chi connectivity index (χ0v) is 9.65. The van der Waals surface area contributed by atoms with E-state index in [0.29, 0.717) is 26.3 Å². The first-order chi connectivity index (χ1) is 8.66. The van der Waals surface area contributed by atoms with Gasteiger partial charge in [0.25, 0.3) is 0 Å². The monoisotopic (exact) mass is 255 g/mol. The van der Waals surface area contributed by atoms with Crippen LogP contribution in [-0.4, -0.2) is 68.4 Å². The van der Waals surface area contributed by atoms with Gasteiger partial charge in [0, 0.05) is 13.1 Å². The van der Waals surface area contributed by atoms with E-state index >= 15 is 0 Å². The topological polar surface area (TPSA) is 110 Å². The number of hydrogen-bond donors (Lipinski definition) is 1. The largest absolute Gasteiger partial charge is 0.481 e. The van der Waals surface area contributed by atoms with Crippen LogP contribution in [0.15, 0.2) is 0 Å². The van der Waals surface area contributed by atoms with E-state index in [2.05, 4.69) is 15.5 Å². The fourth-order valence-electron chi connectivity index (χ4n) is 1.65. The van der Waals surface area contributed by atoms with Crippen molar-refractivity contribution in [2.24, 2.45) is 0 Å². The lowest BCUT2D eigenvalue weighted by Crippen LogP contribution is -2.42. The minimum Gasteiger partial charge on any atom is -0.481 e. The lowest BCUT2D eigenvalue weighted by atomic mass is 10.3. The third-order valence-corrected chi connectivity index (χ3v) is 2.56. The summed E-state index contributed by atoms with van der Waals surface area (Å²) in [5.41, 5.74) is 0. The number of ether oxygens (including phenoxy) is 1. The molecule has 0 aliphatic carbocycles. The summed E-state index contributed by atoms with van der Waals surface area (Å²) in [6.45, 7) is 2.06. The number of carbonyl (C=O) groups excluding carboxylic acids is 1. The summed E-state index contributed by atoms with van der Waals surface area (Å²) in [7, 11) is 0. The molecule has 1 aliphatic rings. The van der Waals surface area contributed by atoms with Crippen molar-refractivity contribution >= 4 is 11.9 Å². The summed E-state index contributed by atoms with van der Waals surface area (Å²) in [6, 6.07) is 0. The smallest absolute Gasteiger partial charge is 0.311 e. The minimum absolute atomic E-state index is 0.0460. The van der Waals surface area contributed by atoms with Gasteiger partial charge >= 0.3 is 5.97 Å². The fourth-order valence-corrected chi connectivity index (χ4v) is 1.65. The molecule has 0 radical (unpaired) electrons. The van der Waals surface area contributed by atoms with Crippen LogP contribution in [0, 0.1) is 0 Å². The van der Waals surface area contributed by atoms with E-state index in [4.69, 9.17) is 9.84 Å². The summed E-state index contributed by atoms with van der Waals surface area (Å²) in [5, 5.41) is 19.2. The molecule has 1 amide bonds. The first-order valence-electron chi connectivity index (χ1n) is 5.49. The predicted molar refractivity (Wildman–Crippen MR) is 56.6 cm³/mol. The van der Waals surface area contributed by atoms with E-state index in [1.165, 1.54) is 4.68 Å². The van der Waals surface area contributed by atoms with Crippen molar-refractivity contribution in [1.82, 2.24) is 25.1 Å². The lowest BCUT2D eigenvalue weighted by Gasteiger charge is -2.26. The van der Waals surface area contributed by atoms with Crippen LogP contribution in [0.2, 0.25) is 0 Å². The number of hydrogen-bond acceptors (Lipinski definition) is 6. The summed E-state index contributed by atoms with van der Waals surface area (Å²) in [5.74, 6) is -1.01. The third-order valence-electron chi connectivity index (χ3n) is 2.56. The molecule has 2 heterocycles. The van der Waals surface area contributed by atoms with Crippen molar-refractivity contribution in [3.8, 4) is 0 Å². The molecule has 9 nitrogen and oxygen atoms in total. The van der Waals surface area contributed by atoms with E-state index in [1.54, 1.807) is 4.90 Å². The van der Waals surface area contributed by atoms with Crippen LogP contribution in [0.3, 0.4) is 0 Å². The molecule has 0 bridgehead atoms. The maximum Gasteiger partial charge on any atom is 0.311 e. The summed E-state index contributed by atoms with van der Waals surface area (Å²) >= 11 is 0. The Morgan fingerprint density at radius 3 is 2.72 bits per heavy atom. The van der Waals surface area contributed by atoms with Gasteiger partial charge in [0.15, 0.2) is 5.82 Å². The van der Waals surface area contributed by atoms with Gasteiger partial charge in [0.1, 0.15) is 13.0 Å². The maximum atomic E-state index is 11.9. The second-order valence-corrected chi connectivity index (χ2v) is 3.82. The number of carboxylic acid groups (broad SMARTS) is 1. The number of aliphatic carboxylic acids is 1. The number of morpholine rings is 1. The molecule has 1 N–H and O–H groups in total. The van der Waals surface area contributed by atoms with Gasteiger partial charge in [0.2, 0.25) is 5.91 Å². The van der Waals surface area contributed by atoms with Gasteiger partial charge in [-0.2, -0.15) is 0 Å². The summed E-state index contributed by atoms with van der Waals surface area (Å²) in [4.78, 5) is 24.1. The number of carboxylic acids is 1. The number of aromatic nitrogens is 4. The van der Waals surface area contributed by atoms with Gasteiger partial charge < -0.3 is 14.7 Å². The molecule has 0 saturated carbocycles. The summed E-state index contributed by atoms with van der Waals surface area (Å²) < 4.78 is 6.36. The highest BCUT2D eigenvalue weighted by Crippen LogP contribution is 2.01. The number of rotatable bonds is 4. The predicted octanol–water partition coefficient (Wildman–Crippen LogP) is -1.84. The van der Waals surface area contributed by atoms with Crippen molar-refractivity contribution < 1.29 is 19.4 Å². The SMILES string of the molecule is O=C(O)Cc1nnnn1CC(=O)N1CCOCC1. The molecular formula is C9H13N5O4. The quantitative estimate of drug-likeness (QED) is 0.672. The number of nitrogens with zero attached hydrogens (tertiary/aromatic N) is 5. The first kappa shape index (κ1) is 12.4. The van der Waals surface area contributed by atoms with E-state index < -0.39 is 5.97 Å². The molecule has 18 heavy (non-hydrogen) atoms. The zero-order valence-electron chi connectivity index (χ0n) is 9.65. The molecular weight excluding hydrogens is 242 g/mol. The number of carbonyl (C=O) groups is 2. The Bertz CT molecular complexity index is 440. The molecule has 0 spiro atoms. The molecule has 2 rings (SSSR count). The second kappa shape index (κ2) is 5.54. The van der Waals surface area contributed by atoms with Crippen LogP contribution in [0.4, 0.5) is 0 Å². The number of amides is 1. The highest BCUT2D eigenvalue weighted by molar-refractivity contribution is 5.76. The van der Waals surface area contributed by atoms with E-state index in [-0.39, 0.29) is 24.7 Å². The second-order valence-electron chi connectivity index (χ2n) is 3.82. The minimum atomic E-state index is -1.04. The van der Waals surface area contributed by atoms with E-state index in [9.17, 15) is 9.59 Å². The first-order valence-corrected chi connectivity index (χ1v) is 5.49. The lowest BCUT2D eigenvalue weighted by molar-refractivity contribution is -0.138. The number of tetrazole rings is 1. The van der Waals surface area contributed by atoms with Gasteiger partial charge in [-0.15, -0.1) is 5.10 Å². The highest BCUT2D eigenvalue weighted by atomic mass is 16.5. The normalized spacial score (nSPS) is 15.7. The maximum absolute atomic E-state index is 11.9. The Labute approximate surface area is 102 Å². The molecule has 1 aliphatic heterocycles. The zero-order chi connectivity index (χ0) is 13.0. The molecule has 9 heteroatoms. The van der Waals surface area contributed by atoms with E-state index in [1.807, 2.05) is 0 Å². The van der Waals surface area contributed by atoms with Crippen molar-refractivity contribution in [2.75, 3.05) is 26.3 Å². The van der Waals surface area contributed by atoms with Crippen LogP contribution in [-0.2, 0) is 27.3 Å². The molecule has 1 aromatic rings. The van der Waals surface area contributed by atoms with Crippen LogP contribution < -0.4 is 0 Å². The summed E-state index contributed by atoms with van der Waals surface area (Å²) in [6.07, 6.45) is -0.302. The van der Waals surface area contributed by atoms with Crippen LogP contribution >= 0.6 is 0 Å². The standard InChI is InChI=1S/C9H13N5O4/c15-8(13-1-3-18-4-2-13)6-14-7(5-9(16)17)10-11-12-14/h1-6H2,(H,16,17). The van der Waals surface area contributed by atoms with Gasteiger partial charge in [-0.3, -0.25) is 9.59 Å². The van der Waals surface area contributed by atoms with Crippen LogP contribution in [0.25, 0.3) is 0 Å².